The predicted molar refractivity (Wildman–Crippen MR) is 107 cm³/mol. The molecule has 2 rings (SSSR count). The number of nitrogens with zero attached hydrogens (tertiary/aromatic N) is 1. The average Bonchev–Trinajstić information content (AvgIpc) is 2.52. The van der Waals surface area contributed by atoms with Gasteiger partial charge in [0.25, 0.3) is 20.0 Å². The van der Waals surface area contributed by atoms with Gasteiger partial charge in [0.1, 0.15) is 0 Å². The minimum absolute atomic E-state index is 0.139. The zero-order chi connectivity index (χ0) is 20.7. The maximum absolute atomic E-state index is 12.5. The van der Waals surface area contributed by atoms with E-state index in [4.69, 9.17) is 0 Å². The maximum Gasteiger partial charge on any atom is 0.271 e. The molecule has 0 fully saturated rings. The lowest BCUT2D eigenvalue weighted by Crippen LogP contribution is -2.24. The van der Waals surface area contributed by atoms with Gasteiger partial charge in [-0.3, -0.25) is 0 Å². The highest BCUT2D eigenvalue weighted by molar-refractivity contribution is 8.04. The summed E-state index contributed by atoms with van der Waals surface area (Å²) >= 11 is 0. The van der Waals surface area contributed by atoms with E-state index in [1.165, 1.54) is 24.3 Å². The molecular weight excluding hydrogens is 382 g/mol. The molecule has 147 valence electrons. The van der Waals surface area contributed by atoms with Crippen LogP contribution < -0.4 is 4.13 Å². The fourth-order valence-corrected chi connectivity index (χ4v) is 5.15. The van der Waals surface area contributed by atoms with Gasteiger partial charge >= 0.3 is 0 Å². The summed E-state index contributed by atoms with van der Waals surface area (Å²) in [4.78, 5) is -0.296. The number of sulfonamides is 2. The summed E-state index contributed by atoms with van der Waals surface area (Å²) in [5, 5.41) is 0. The minimum atomic E-state index is -4.33. The van der Waals surface area contributed by atoms with Gasteiger partial charge in [0.2, 0.25) is 0 Å². The smallest absolute Gasteiger partial charge is 0.205 e. The summed E-state index contributed by atoms with van der Waals surface area (Å²) in [6.45, 7) is 12.0. The monoisotopic (exact) mass is 408 g/mol. The Morgan fingerprint density at radius 3 is 1.04 bits per heavy atom. The Kier molecular flexibility index (Phi) is 5.63. The van der Waals surface area contributed by atoms with Gasteiger partial charge < -0.3 is 0 Å². The lowest BCUT2D eigenvalue weighted by Gasteiger charge is -2.19. The predicted octanol–water partition coefficient (Wildman–Crippen LogP) is 3.96. The van der Waals surface area contributed by atoms with Crippen molar-refractivity contribution in [2.75, 3.05) is 0 Å². The fraction of sp³-hybridized carbons (Fsp3) is 0.400. The van der Waals surface area contributed by atoms with Gasteiger partial charge in [-0.15, -0.1) is 0 Å². The van der Waals surface area contributed by atoms with Gasteiger partial charge in [0, 0.05) is 4.13 Å². The first kappa shape index (κ1) is 21.6. The molecule has 0 amide bonds. The summed E-state index contributed by atoms with van der Waals surface area (Å²) in [6, 6.07) is 12.2. The molecule has 0 aliphatic heterocycles. The van der Waals surface area contributed by atoms with Crippen LogP contribution in [-0.2, 0) is 30.9 Å². The third-order valence-electron chi connectivity index (χ3n) is 4.23. The van der Waals surface area contributed by atoms with Crippen LogP contribution in [0.5, 0.6) is 0 Å². The van der Waals surface area contributed by atoms with Crippen LogP contribution in [0.25, 0.3) is 0 Å². The molecule has 0 spiro atoms. The largest absolute Gasteiger partial charge is 0.271 e. The molecule has 0 saturated heterocycles. The van der Waals surface area contributed by atoms with Crippen LogP contribution in [0.1, 0.15) is 52.7 Å². The van der Waals surface area contributed by atoms with Crippen molar-refractivity contribution in [2.24, 2.45) is 0 Å². The second kappa shape index (κ2) is 7.04. The van der Waals surface area contributed by atoms with Crippen LogP contribution in [0.2, 0.25) is 0 Å². The van der Waals surface area contributed by atoms with Crippen LogP contribution in [-0.4, -0.2) is 16.8 Å². The average molecular weight is 409 g/mol. The van der Waals surface area contributed by atoms with E-state index >= 15 is 0 Å². The molecule has 0 aliphatic carbocycles. The van der Waals surface area contributed by atoms with Gasteiger partial charge in [-0.2, -0.15) is 0 Å². The van der Waals surface area contributed by atoms with E-state index in [2.05, 4.69) is 4.13 Å². The Balaban J connectivity index is 2.30. The maximum atomic E-state index is 12.5. The molecule has 0 bridgehead atoms. The Hall–Kier alpha value is -1.70. The quantitative estimate of drug-likeness (QED) is 0.766. The molecule has 0 unspecified atom stereocenters. The molecule has 1 radical (unpaired) electrons. The molecule has 0 aliphatic rings. The summed E-state index contributed by atoms with van der Waals surface area (Å²) in [7, 11) is -8.66. The standard InChI is InChI=1S/C20H26NO4S2/c1-19(2,3)15-7-11-17(12-8-15)26(22,23)21-27(24,25)18-13-9-16(10-14-18)20(4,5)6/h7-14H,1-6H3. The summed E-state index contributed by atoms with van der Waals surface area (Å²) in [5.41, 5.74) is 1.62. The Bertz CT molecular complexity index is 922. The van der Waals surface area contributed by atoms with Gasteiger partial charge in [0.05, 0.1) is 9.79 Å². The molecule has 7 heteroatoms. The zero-order valence-electron chi connectivity index (χ0n) is 16.5. The lowest BCUT2D eigenvalue weighted by atomic mass is 9.87. The topological polar surface area (TPSA) is 82.4 Å². The highest BCUT2D eigenvalue weighted by Crippen LogP contribution is 2.26. The minimum Gasteiger partial charge on any atom is -0.205 e. The van der Waals surface area contributed by atoms with Crippen molar-refractivity contribution < 1.29 is 16.8 Å². The molecule has 0 saturated carbocycles. The van der Waals surface area contributed by atoms with E-state index in [9.17, 15) is 16.8 Å². The summed E-state index contributed by atoms with van der Waals surface area (Å²) < 4.78 is 53.1. The van der Waals surface area contributed by atoms with E-state index in [1.807, 2.05) is 41.5 Å². The van der Waals surface area contributed by atoms with Crippen molar-refractivity contribution in [3.8, 4) is 0 Å². The second-order valence-corrected chi connectivity index (χ2v) is 12.0. The fourth-order valence-electron chi connectivity index (χ4n) is 2.47. The van der Waals surface area contributed by atoms with E-state index < -0.39 is 20.0 Å². The molecule has 2 aromatic rings. The Morgan fingerprint density at radius 1 is 0.556 bits per heavy atom. The zero-order valence-corrected chi connectivity index (χ0v) is 18.1. The number of benzene rings is 2. The Labute approximate surface area is 162 Å². The van der Waals surface area contributed by atoms with Gasteiger partial charge in [-0.05, 0) is 46.2 Å². The first-order chi connectivity index (χ1) is 12.1. The number of hydrogen-bond donors (Lipinski definition) is 0. The summed E-state index contributed by atoms with van der Waals surface area (Å²) in [5.74, 6) is 0. The molecule has 0 aromatic heterocycles. The van der Waals surface area contributed by atoms with E-state index in [-0.39, 0.29) is 20.6 Å². The summed E-state index contributed by atoms with van der Waals surface area (Å²) in [6.07, 6.45) is 0. The van der Waals surface area contributed by atoms with Crippen LogP contribution in [0.4, 0.5) is 0 Å². The van der Waals surface area contributed by atoms with Gasteiger partial charge in [0.15, 0.2) is 0 Å². The van der Waals surface area contributed by atoms with Crippen LogP contribution in [0.15, 0.2) is 58.3 Å². The number of hydrogen-bond acceptors (Lipinski definition) is 4. The molecule has 0 N–H and O–H groups in total. The Morgan fingerprint density at radius 2 is 0.815 bits per heavy atom. The highest BCUT2D eigenvalue weighted by atomic mass is 32.3. The van der Waals surface area contributed by atoms with Crippen molar-refractivity contribution >= 4 is 20.0 Å². The van der Waals surface area contributed by atoms with Crippen molar-refractivity contribution in [3.63, 3.8) is 0 Å². The molecular formula is C20H26NO4S2. The van der Waals surface area contributed by atoms with E-state index in [0.717, 1.165) is 11.1 Å². The van der Waals surface area contributed by atoms with Crippen molar-refractivity contribution in [3.05, 3.63) is 59.7 Å². The lowest BCUT2D eigenvalue weighted by molar-refractivity contribution is 0.573. The van der Waals surface area contributed by atoms with Gasteiger partial charge in [-0.25, -0.2) is 16.8 Å². The first-order valence-electron chi connectivity index (χ1n) is 8.58. The SMILES string of the molecule is CC(C)(C)c1ccc(S(=O)(=O)[N]S(=O)(=O)c2ccc(C(C)(C)C)cc2)cc1. The first-order valence-corrected chi connectivity index (χ1v) is 11.5. The third kappa shape index (κ3) is 5.18. The molecule has 27 heavy (non-hydrogen) atoms. The van der Waals surface area contributed by atoms with Crippen molar-refractivity contribution in [1.82, 2.24) is 4.13 Å². The molecule has 0 heterocycles. The van der Waals surface area contributed by atoms with Crippen molar-refractivity contribution in [2.45, 2.75) is 62.2 Å². The molecule has 5 nitrogen and oxygen atoms in total. The molecule has 2 aromatic carbocycles. The van der Waals surface area contributed by atoms with Crippen LogP contribution >= 0.6 is 0 Å². The molecule has 0 atom stereocenters. The third-order valence-corrected chi connectivity index (χ3v) is 7.54. The van der Waals surface area contributed by atoms with Crippen molar-refractivity contribution in [1.29, 1.82) is 0 Å². The second-order valence-electron chi connectivity index (χ2n) is 8.57. The van der Waals surface area contributed by atoms with Gasteiger partial charge in [-0.1, -0.05) is 65.8 Å². The van der Waals surface area contributed by atoms with Crippen LogP contribution in [0, 0.1) is 0 Å². The van der Waals surface area contributed by atoms with Crippen LogP contribution in [0.3, 0.4) is 0 Å². The van der Waals surface area contributed by atoms with E-state index in [1.54, 1.807) is 24.3 Å². The normalized spacial score (nSPS) is 13.6. The highest BCUT2D eigenvalue weighted by Gasteiger charge is 2.28. The number of rotatable bonds is 4. The van der Waals surface area contributed by atoms with E-state index in [0.29, 0.717) is 0 Å².